The minimum absolute atomic E-state index is 0.0147. The van der Waals surface area contributed by atoms with Gasteiger partial charge in [-0.25, -0.2) is 9.83 Å². The first kappa shape index (κ1) is 34.3. The van der Waals surface area contributed by atoms with Gasteiger partial charge in [0, 0.05) is 30.3 Å². The maximum Gasteiger partial charge on any atom is 0.387 e. The number of hydrogen-bond acceptors (Lipinski definition) is 7. The van der Waals surface area contributed by atoms with E-state index in [0.29, 0.717) is 41.2 Å². The number of halogens is 2. The Morgan fingerprint density at radius 3 is 2.33 bits per heavy atom. The van der Waals surface area contributed by atoms with Gasteiger partial charge in [0.25, 0.3) is 0 Å². The third-order valence-corrected chi connectivity index (χ3v) is 10.3. The van der Waals surface area contributed by atoms with Gasteiger partial charge in [-0.3, -0.25) is 9.69 Å². The van der Waals surface area contributed by atoms with E-state index in [1.54, 1.807) is 6.07 Å². The molecule has 0 amide bonds. The predicted molar refractivity (Wildman–Crippen MR) is 193 cm³/mol. The molecular weight excluding hydrogens is 650 g/mol. The highest BCUT2D eigenvalue weighted by molar-refractivity contribution is 5.85. The third-order valence-electron chi connectivity index (χ3n) is 10.3. The van der Waals surface area contributed by atoms with Gasteiger partial charge in [0.05, 0.1) is 13.7 Å². The van der Waals surface area contributed by atoms with Crippen LogP contribution in [0.2, 0.25) is 0 Å². The summed E-state index contributed by atoms with van der Waals surface area (Å²) in [5.41, 5.74) is 10.00. The zero-order valence-corrected chi connectivity index (χ0v) is 29.0. The quantitative estimate of drug-likeness (QED) is 0.107. The molecule has 1 atom stereocenters. The van der Waals surface area contributed by atoms with Gasteiger partial charge in [-0.2, -0.15) is 8.78 Å². The van der Waals surface area contributed by atoms with Crippen LogP contribution in [0.15, 0.2) is 71.1 Å². The Hall–Kier alpha value is -5.11. The first-order valence-corrected chi connectivity index (χ1v) is 17.4. The molecule has 0 spiro atoms. The number of methoxy groups -OCH3 is 1. The van der Waals surface area contributed by atoms with Gasteiger partial charge in [-0.15, -0.1) is 0 Å². The number of rotatable bonds is 10. The zero-order chi connectivity index (χ0) is 35.6. The lowest BCUT2D eigenvalue weighted by Gasteiger charge is -2.23. The summed E-state index contributed by atoms with van der Waals surface area (Å²) in [4.78, 5) is 25.4. The van der Waals surface area contributed by atoms with Crippen molar-refractivity contribution in [3.8, 4) is 39.5 Å². The molecule has 5 aromatic rings. The summed E-state index contributed by atoms with van der Waals surface area (Å²) < 4.78 is 43.2. The molecule has 7 rings (SSSR count). The van der Waals surface area contributed by atoms with Crippen molar-refractivity contribution in [2.45, 2.75) is 65.3 Å². The molecule has 0 aliphatic carbocycles. The van der Waals surface area contributed by atoms with Gasteiger partial charge in [0.2, 0.25) is 5.89 Å². The SMILES string of the molecule is [C-]#[N+]c1cc(-c2cccc(-c3cccc(-c4nc5cc(CN6CCC[C@H]6C(=O)OC)c(OC(F)F)cc5o4)c3C)c2C)ccc1CN1CCCC1. The normalized spacial score (nSPS) is 16.6. The molecular formula is C41H40F2N4O4. The highest BCUT2D eigenvalue weighted by Crippen LogP contribution is 2.40. The number of benzene rings is 4. The smallest absolute Gasteiger partial charge is 0.387 e. The van der Waals surface area contributed by atoms with E-state index in [4.69, 9.17) is 25.4 Å². The molecule has 4 aromatic carbocycles. The van der Waals surface area contributed by atoms with Crippen LogP contribution in [0.3, 0.4) is 0 Å². The van der Waals surface area contributed by atoms with E-state index in [9.17, 15) is 13.6 Å². The summed E-state index contributed by atoms with van der Waals surface area (Å²) >= 11 is 0. The first-order valence-electron chi connectivity index (χ1n) is 17.4. The largest absolute Gasteiger partial charge is 0.468 e. The molecule has 2 aliphatic heterocycles. The lowest BCUT2D eigenvalue weighted by molar-refractivity contribution is -0.146. The van der Waals surface area contributed by atoms with Crippen LogP contribution in [0, 0.1) is 20.4 Å². The number of hydrogen-bond donors (Lipinski definition) is 0. The Kier molecular flexibility index (Phi) is 9.85. The summed E-state index contributed by atoms with van der Waals surface area (Å²) in [6, 6.07) is 21.1. The minimum Gasteiger partial charge on any atom is -0.468 e. The van der Waals surface area contributed by atoms with Crippen LogP contribution in [0.5, 0.6) is 5.75 Å². The molecule has 0 N–H and O–H groups in total. The van der Waals surface area contributed by atoms with Crippen LogP contribution in [-0.2, 0) is 22.6 Å². The molecule has 2 fully saturated rings. The molecule has 0 saturated carbocycles. The van der Waals surface area contributed by atoms with Gasteiger partial charge >= 0.3 is 12.6 Å². The van der Waals surface area contributed by atoms with Crippen LogP contribution in [0.4, 0.5) is 14.5 Å². The maximum atomic E-state index is 13.5. The first-order chi connectivity index (χ1) is 24.7. The minimum atomic E-state index is -3.03. The Morgan fingerprint density at radius 2 is 1.63 bits per heavy atom. The van der Waals surface area contributed by atoms with Crippen LogP contribution in [0.1, 0.15) is 47.9 Å². The summed E-state index contributed by atoms with van der Waals surface area (Å²) in [6.07, 6.45) is 3.86. The van der Waals surface area contributed by atoms with E-state index in [1.165, 1.54) is 26.0 Å². The lowest BCUT2D eigenvalue weighted by atomic mass is 9.89. The monoisotopic (exact) mass is 690 g/mol. The van der Waals surface area contributed by atoms with Gasteiger partial charge in [-0.1, -0.05) is 42.5 Å². The number of fused-ring (bicyclic) bond motifs is 1. The maximum absolute atomic E-state index is 13.5. The molecule has 10 heteroatoms. The van der Waals surface area contributed by atoms with Crippen molar-refractivity contribution < 1.29 is 27.5 Å². The van der Waals surface area contributed by atoms with Crippen molar-refractivity contribution in [2.75, 3.05) is 26.7 Å². The fourth-order valence-electron chi connectivity index (χ4n) is 7.63. The van der Waals surface area contributed by atoms with E-state index < -0.39 is 12.7 Å². The van der Waals surface area contributed by atoms with Crippen molar-refractivity contribution in [1.29, 1.82) is 0 Å². The number of carbonyl (C=O) groups is 1. The van der Waals surface area contributed by atoms with E-state index in [2.05, 4.69) is 47.0 Å². The molecule has 0 unspecified atom stereocenters. The molecule has 2 aliphatic rings. The van der Waals surface area contributed by atoms with Crippen LogP contribution >= 0.6 is 0 Å². The highest BCUT2D eigenvalue weighted by atomic mass is 19.3. The second kappa shape index (κ2) is 14.6. The summed E-state index contributed by atoms with van der Waals surface area (Å²) in [6.45, 7) is 12.8. The average Bonchev–Trinajstić information content (AvgIpc) is 3.90. The Balaban J connectivity index is 1.21. The van der Waals surface area contributed by atoms with Crippen LogP contribution in [0.25, 0.3) is 49.7 Å². The number of likely N-dealkylation sites (tertiary alicyclic amines) is 2. The van der Waals surface area contributed by atoms with E-state index in [1.807, 2.05) is 36.1 Å². The van der Waals surface area contributed by atoms with Crippen molar-refractivity contribution >= 4 is 22.8 Å². The van der Waals surface area contributed by atoms with Crippen molar-refractivity contribution in [1.82, 2.24) is 14.8 Å². The number of nitrogens with zero attached hydrogens (tertiary/aromatic N) is 4. The molecule has 1 aromatic heterocycles. The Bertz CT molecular complexity index is 2130. The topological polar surface area (TPSA) is 72.4 Å². The summed E-state index contributed by atoms with van der Waals surface area (Å²) in [7, 11) is 1.35. The number of aromatic nitrogens is 1. The Labute approximate surface area is 296 Å². The molecule has 3 heterocycles. The second-order valence-electron chi connectivity index (χ2n) is 13.4. The fourth-order valence-corrected chi connectivity index (χ4v) is 7.63. The molecule has 8 nitrogen and oxygen atoms in total. The van der Waals surface area contributed by atoms with Gasteiger partial charge in [0.1, 0.15) is 17.3 Å². The molecule has 0 radical (unpaired) electrons. The van der Waals surface area contributed by atoms with Gasteiger partial charge < -0.3 is 18.8 Å². The number of ether oxygens (including phenoxy) is 2. The van der Waals surface area contributed by atoms with Crippen LogP contribution < -0.4 is 4.74 Å². The molecule has 2 saturated heterocycles. The summed E-state index contributed by atoms with van der Waals surface area (Å²) in [5, 5.41) is 0. The van der Waals surface area contributed by atoms with Crippen LogP contribution in [-0.4, -0.2) is 60.2 Å². The molecule has 0 bridgehead atoms. The van der Waals surface area contributed by atoms with Gasteiger partial charge in [0.15, 0.2) is 11.3 Å². The summed E-state index contributed by atoms with van der Waals surface area (Å²) in [5.74, 6) is 0.00462. The second-order valence-corrected chi connectivity index (χ2v) is 13.4. The van der Waals surface area contributed by atoms with Crippen molar-refractivity contribution in [2.24, 2.45) is 0 Å². The Morgan fingerprint density at radius 1 is 0.922 bits per heavy atom. The molecule has 262 valence electrons. The number of esters is 1. The number of oxazole rings is 1. The number of alkyl halides is 2. The highest BCUT2D eigenvalue weighted by Gasteiger charge is 2.32. The zero-order valence-electron chi connectivity index (χ0n) is 29.0. The van der Waals surface area contributed by atoms with Gasteiger partial charge in [-0.05, 0) is 116 Å². The van der Waals surface area contributed by atoms with Crippen molar-refractivity contribution in [3.05, 3.63) is 100 Å². The molecule has 51 heavy (non-hydrogen) atoms. The van der Waals surface area contributed by atoms with E-state index in [0.717, 1.165) is 70.6 Å². The standard InChI is InChI=1S/C41H40F2N4O4/c1-25-30(27-15-16-28(34(20-27)44-3)23-46-17-5-6-18-46)10-7-11-31(25)32-12-8-13-33(26(32)2)39-45-35-21-29(37(51-41(42)43)22-38(35)50-39)24-47-19-9-14-36(47)40(48)49-4/h7-8,10-13,15-16,20-22,36,41H,5-6,9,14,17-19,23-24H2,1-2,4H3/t36-/m0/s1. The fraction of sp³-hybridized carbons (Fsp3) is 0.341. The third kappa shape index (κ3) is 6.96. The number of carbonyl (C=O) groups excluding carboxylic acids is 1. The lowest BCUT2D eigenvalue weighted by Crippen LogP contribution is -2.36. The average molecular weight is 691 g/mol. The van der Waals surface area contributed by atoms with E-state index >= 15 is 0 Å². The van der Waals surface area contributed by atoms with E-state index in [-0.39, 0.29) is 18.3 Å². The van der Waals surface area contributed by atoms with Crippen molar-refractivity contribution in [3.63, 3.8) is 0 Å². The predicted octanol–water partition coefficient (Wildman–Crippen LogP) is 9.33.